The first-order chi connectivity index (χ1) is 24.3. The topological polar surface area (TPSA) is 149 Å². The summed E-state index contributed by atoms with van der Waals surface area (Å²) in [5, 5.41) is 53.6. The number of carbonyl (C=O) groups is 1. The van der Waals surface area contributed by atoms with E-state index in [1.807, 2.05) is 0 Å². The highest BCUT2D eigenvalue weighted by atomic mass is 16.7. The molecule has 1 aliphatic heterocycles. The van der Waals surface area contributed by atoms with Crippen LogP contribution >= 0.6 is 0 Å². The van der Waals surface area contributed by atoms with Crippen LogP contribution in [-0.4, -0.2) is 87.5 Å². The zero-order valence-corrected chi connectivity index (χ0v) is 31.1. The van der Waals surface area contributed by atoms with E-state index in [-0.39, 0.29) is 12.5 Å². The van der Waals surface area contributed by atoms with Gasteiger partial charge in [-0.25, -0.2) is 0 Å². The van der Waals surface area contributed by atoms with E-state index in [4.69, 9.17) is 9.47 Å². The molecule has 0 radical (unpaired) electrons. The lowest BCUT2D eigenvalue weighted by Crippen LogP contribution is -2.60. The number of carbonyl (C=O) groups excluding carboxylic acids is 1. The quantitative estimate of drug-likeness (QED) is 0.0350. The van der Waals surface area contributed by atoms with Crippen molar-refractivity contribution in [3.05, 3.63) is 60.8 Å². The molecule has 7 atom stereocenters. The summed E-state index contributed by atoms with van der Waals surface area (Å²) in [5.74, 6) is -0.169. The number of aliphatic hydroxyl groups excluding tert-OH is 5. The number of amides is 1. The Labute approximate surface area is 303 Å². The van der Waals surface area contributed by atoms with Gasteiger partial charge in [-0.2, -0.15) is 0 Å². The maximum absolute atomic E-state index is 12.8. The highest BCUT2D eigenvalue weighted by Crippen LogP contribution is 2.22. The van der Waals surface area contributed by atoms with Gasteiger partial charge in [0.25, 0.3) is 0 Å². The van der Waals surface area contributed by atoms with E-state index in [0.717, 1.165) is 89.9 Å². The van der Waals surface area contributed by atoms with Gasteiger partial charge in [0.1, 0.15) is 24.4 Å². The molecule has 0 aliphatic carbocycles. The predicted octanol–water partition coefficient (Wildman–Crippen LogP) is 6.88. The molecule has 9 nitrogen and oxygen atoms in total. The van der Waals surface area contributed by atoms with E-state index in [2.05, 4.69) is 79.9 Å². The second-order valence-electron chi connectivity index (χ2n) is 13.3. The molecule has 1 saturated heterocycles. The van der Waals surface area contributed by atoms with Gasteiger partial charge in [0, 0.05) is 6.42 Å². The number of ether oxygens (including phenoxy) is 2. The normalized spacial score (nSPS) is 22.9. The molecular weight excluding hydrogens is 634 g/mol. The lowest BCUT2D eigenvalue weighted by molar-refractivity contribution is -0.302. The number of aliphatic hydroxyl groups is 5. The lowest BCUT2D eigenvalue weighted by Gasteiger charge is -2.40. The van der Waals surface area contributed by atoms with Gasteiger partial charge in [0.05, 0.1) is 25.4 Å². The van der Waals surface area contributed by atoms with E-state index in [1.165, 1.54) is 19.3 Å². The Bertz CT molecular complexity index is 962. The van der Waals surface area contributed by atoms with Gasteiger partial charge in [-0.3, -0.25) is 4.79 Å². The van der Waals surface area contributed by atoms with Crippen molar-refractivity contribution in [3.8, 4) is 0 Å². The van der Waals surface area contributed by atoms with Gasteiger partial charge in [-0.1, -0.05) is 132 Å². The van der Waals surface area contributed by atoms with Crippen molar-refractivity contribution >= 4 is 5.91 Å². The van der Waals surface area contributed by atoms with Crippen molar-refractivity contribution in [3.63, 3.8) is 0 Å². The minimum atomic E-state index is -1.55. The van der Waals surface area contributed by atoms with Crippen LogP contribution in [0.1, 0.15) is 136 Å². The molecule has 0 aromatic carbocycles. The second kappa shape index (κ2) is 31.6. The van der Waals surface area contributed by atoms with Crippen LogP contribution in [-0.2, 0) is 14.3 Å². The van der Waals surface area contributed by atoms with Crippen molar-refractivity contribution in [1.29, 1.82) is 0 Å². The molecule has 6 N–H and O–H groups in total. The second-order valence-corrected chi connectivity index (χ2v) is 13.3. The first-order valence-corrected chi connectivity index (χ1v) is 19.5. The van der Waals surface area contributed by atoms with Crippen LogP contribution < -0.4 is 5.32 Å². The molecule has 1 heterocycles. The van der Waals surface area contributed by atoms with E-state index >= 15 is 0 Å². The molecule has 1 amide bonds. The van der Waals surface area contributed by atoms with Gasteiger partial charge in [0.2, 0.25) is 5.91 Å². The average Bonchev–Trinajstić information content (AvgIpc) is 3.11. The first kappa shape index (κ1) is 45.9. The molecule has 1 rings (SSSR count). The molecule has 0 aromatic heterocycles. The highest BCUT2D eigenvalue weighted by molar-refractivity contribution is 5.76. The zero-order valence-electron chi connectivity index (χ0n) is 31.1. The molecule has 1 fully saturated rings. The maximum Gasteiger partial charge on any atom is 0.220 e. The number of unbranched alkanes of at least 4 members (excludes halogenated alkanes) is 10. The summed E-state index contributed by atoms with van der Waals surface area (Å²) in [7, 11) is 0. The molecule has 288 valence electrons. The number of hydrogen-bond acceptors (Lipinski definition) is 8. The van der Waals surface area contributed by atoms with Crippen molar-refractivity contribution in [2.24, 2.45) is 0 Å². The molecule has 0 spiro atoms. The molecule has 0 bridgehead atoms. The van der Waals surface area contributed by atoms with E-state index in [1.54, 1.807) is 0 Å². The Morgan fingerprint density at radius 3 is 1.82 bits per heavy atom. The molecule has 7 unspecified atom stereocenters. The third-order valence-electron chi connectivity index (χ3n) is 8.89. The number of rotatable bonds is 30. The molecule has 0 aromatic rings. The number of hydrogen-bond donors (Lipinski definition) is 6. The molecule has 50 heavy (non-hydrogen) atoms. The smallest absolute Gasteiger partial charge is 0.220 e. The standard InChI is InChI=1S/C41H71NO8/c1-3-5-7-9-10-11-12-13-14-15-16-17-18-19-20-21-22-23-24-25-26-27-29-31-37(45)42-34(35(44)30-28-8-6-4-2)33-49-41-40(48)39(47)38(46)36(32-43)50-41/h5,7,10-11,13-14,16-17,19-20,34-36,38-41,43-44,46-48H,3-4,6,8-9,12,15,18,21-33H2,1-2H3,(H,42,45)/b7-5-,11-10-,14-13-,17-16-,20-19-. The number of allylic oxidation sites excluding steroid dienone is 10. The Kier molecular flexibility index (Phi) is 29.0. The lowest BCUT2D eigenvalue weighted by atomic mass is 9.99. The van der Waals surface area contributed by atoms with E-state index < -0.39 is 49.5 Å². The van der Waals surface area contributed by atoms with E-state index in [9.17, 15) is 30.3 Å². The van der Waals surface area contributed by atoms with Crippen molar-refractivity contribution in [1.82, 2.24) is 5.32 Å². The van der Waals surface area contributed by atoms with Crippen LogP contribution in [0.3, 0.4) is 0 Å². The summed E-state index contributed by atoms with van der Waals surface area (Å²) >= 11 is 0. The van der Waals surface area contributed by atoms with Crippen LogP contribution in [0.15, 0.2) is 60.8 Å². The Balaban J connectivity index is 2.22. The third kappa shape index (κ3) is 22.7. The Hall–Kier alpha value is -2.11. The minimum Gasteiger partial charge on any atom is -0.394 e. The Morgan fingerprint density at radius 2 is 1.24 bits per heavy atom. The molecule has 9 heteroatoms. The Morgan fingerprint density at radius 1 is 0.700 bits per heavy atom. The molecule has 0 saturated carbocycles. The summed E-state index contributed by atoms with van der Waals surface area (Å²) in [4.78, 5) is 12.8. The minimum absolute atomic E-state index is 0.150. The van der Waals surface area contributed by atoms with Crippen LogP contribution in [0.5, 0.6) is 0 Å². The van der Waals surface area contributed by atoms with Gasteiger partial charge < -0.3 is 40.3 Å². The summed E-state index contributed by atoms with van der Waals surface area (Å²) in [6.07, 6.45) is 32.9. The highest BCUT2D eigenvalue weighted by Gasteiger charge is 2.44. The van der Waals surface area contributed by atoms with Crippen LogP contribution in [0.2, 0.25) is 0 Å². The SMILES string of the molecule is CC/C=C\C/C=C\C/C=C\C/C=C\C/C=C\CCCCCCCCCC(=O)NC(COC1OC(CO)C(O)C(O)C1O)C(O)CCCCCC. The van der Waals surface area contributed by atoms with E-state index in [0.29, 0.717) is 12.8 Å². The summed E-state index contributed by atoms with van der Waals surface area (Å²) in [6.45, 7) is 3.55. The van der Waals surface area contributed by atoms with Crippen molar-refractivity contribution in [2.45, 2.75) is 179 Å². The van der Waals surface area contributed by atoms with Gasteiger partial charge in [-0.05, 0) is 57.8 Å². The summed E-state index contributed by atoms with van der Waals surface area (Å²) < 4.78 is 11.1. The molecule has 1 aliphatic rings. The predicted molar refractivity (Wildman–Crippen MR) is 202 cm³/mol. The van der Waals surface area contributed by atoms with Crippen LogP contribution in [0.4, 0.5) is 0 Å². The maximum atomic E-state index is 12.8. The van der Waals surface area contributed by atoms with Gasteiger partial charge in [-0.15, -0.1) is 0 Å². The summed E-state index contributed by atoms with van der Waals surface area (Å²) in [5.41, 5.74) is 0. The van der Waals surface area contributed by atoms with Gasteiger partial charge in [0.15, 0.2) is 6.29 Å². The fourth-order valence-corrected chi connectivity index (χ4v) is 5.71. The third-order valence-corrected chi connectivity index (χ3v) is 8.89. The molecular formula is C41H71NO8. The number of nitrogens with one attached hydrogen (secondary N) is 1. The fourth-order valence-electron chi connectivity index (χ4n) is 5.71. The first-order valence-electron chi connectivity index (χ1n) is 19.5. The van der Waals surface area contributed by atoms with Crippen molar-refractivity contribution in [2.75, 3.05) is 13.2 Å². The largest absolute Gasteiger partial charge is 0.394 e. The average molecular weight is 706 g/mol. The monoisotopic (exact) mass is 706 g/mol. The van der Waals surface area contributed by atoms with Crippen molar-refractivity contribution < 1.29 is 39.8 Å². The van der Waals surface area contributed by atoms with Crippen LogP contribution in [0, 0.1) is 0 Å². The fraction of sp³-hybridized carbons (Fsp3) is 0.732. The van der Waals surface area contributed by atoms with Crippen LogP contribution in [0.25, 0.3) is 0 Å². The summed E-state index contributed by atoms with van der Waals surface area (Å²) in [6, 6.07) is -0.723. The van der Waals surface area contributed by atoms with Gasteiger partial charge >= 0.3 is 0 Å². The zero-order chi connectivity index (χ0) is 36.7.